The summed E-state index contributed by atoms with van der Waals surface area (Å²) < 4.78 is -0.197. The van der Waals surface area contributed by atoms with Gasteiger partial charge in [0.1, 0.15) is 0 Å². The Hall–Kier alpha value is 0.110. The summed E-state index contributed by atoms with van der Waals surface area (Å²) in [6.07, 6.45) is 0. The quantitative estimate of drug-likeness (QED) is 0.823. The molecule has 0 saturated heterocycles. The Kier molecular flexibility index (Phi) is 4.14. The van der Waals surface area contributed by atoms with E-state index in [0.717, 1.165) is 4.90 Å². The van der Waals surface area contributed by atoms with Crippen LogP contribution in [0.5, 0.6) is 0 Å². The van der Waals surface area contributed by atoms with Crippen molar-refractivity contribution >= 4 is 35.0 Å². The molecule has 0 heterocycles. The van der Waals surface area contributed by atoms with Crippen LogP contribution in [0.3, 0.4) is 0 Å². The van der Waals surface area contributed by atoms with Crippen molar-refractivity contribution in [3.8, 4) is 0 Å². The fraction of sp³-hybridized carbons (Fsp3) is 0.400. The van der Waals surface area contributed by atoms with E-state index in [1.807, 2.05) is 26.0 Å². The van der Waals surface area contributed by atoms with Crippen LogP contribution in [-0.4, -0.2) is 16.5 Å². The molecule has 0 fully saturated rings. The molecule has 0 unspecified atom stereocenters. The van der Waals surface area contributed by atoms with Gasteiger partial charge in [0.2, 0.25) is 0 Å². The van der Waals surface area contributed by atoms with Gasteiger partial charge in [0.25, 0.3) is 0 Å². The summed E-state index contributed by atoms with van der Waals surface area (Å²) in [4.78, 5) is 1.01. The summed E-state index contributed by atoms with van der Waals surface area (Å²) in [6, 6.07) is 5.47. The fourth-order valence-electron chi connectivity index (χ4n) is 0.892. The van der Waals surface area contributed by atoms with Crippen molar-refractivity contribution in [3.63, 3.8) is 0 Å². The van der Waals surface area contributed by atoms with Gasteiger partial charge >= 0.3 is 0 Å². The average Bonchev–Trinajstić information content (AvgIpc) is 2.11. The van der Waals surface area contributed by atoms with Crippen LogP contribution in [0.25, 0.3) is 0 Å². The number of hydrogen-bond acceptors (Lipinski definition) is 2. The molecule has 0 radical (unpaired) electrons. The third-order valence-corrected chi connectivity index (χ3v) is 3.58. The van der Waals surface area contributed by atoms with Gasteiger partial charge in [-0.3, -0.25) is 0 Å². The third kappa shape index (κ3) is 3.35. The highest BCUT2D eigenvalue weighted by Gasteiger charge is 2.18. The summed E-state index contributed by atoms with van der Waals surface area (Å²) >= 11 is 13.2. The van der Waals surface area contributed by atoms with E-state index in [1.54, 1.807) is 17.8 Å². The van der Waals surface area contributed by atoms with E-state index < -0.39 is 0 Å². The maximum Gasteiger partial charge on any atom is 0.0603 e. The zero-order chi connectivity index (χ0) is 10.8. The first-order valence-corrected chi connectivity index (χ1v) is 5.77. The number of aliphatic hydroxyl groups is 1. The van der Waals surface area contributed by atoms with E-state index in [9.17, 15) is 0 Å². The number of rotatable bonds is 3. The van der Waals surface area contributed by atoms with Crippen molar-refractivity contribution in [2.75, 3.05) is 6.61 Å². The largest absolute Gasteiger partial charge is 0.395 e. The molecule has 0 saturated carbocycles. The standard InChI is InChI=1S/C10H12Cl2OS/c1-10(2,6-13)14-7-3-4-8(11)9(12)5-7/h3-5,13H,6H2,1-2H3. The van der Waals surface area contributed by atoms with Crippen LogP contribution in [0, 0.1) is 0 Å². The van der Waals surface area contributed by atoms with Crippen LogP contribution in [-0.2, 0) is 0 Å². The smallest absolute Gasteiger partial charge is 0.0603 e. The zero-order valence-corrected chi connectivity index (χ0v) is 10.4. The molecule has 4 heteroatoms. The number of halogens is 2. The second-order valence-electron chi connectivity index (χ2n) is 3.60. The Morgan fingerprint density at radius 2 is 1.93 bits per heavy atom. The molecule has 1 rings (SSSR count). The molecule has 1 nitrogen and oxygen atoms in total. The van der Waals surface area contributed by atoms with Gasteiger partial charge in [-0.25, -0.2) is 0 Å². The van der Waals surface area contributed by atoms with E-state index in [2.05, 4.69) is 0 Å². The number of aliphatic hydroxyl groups excluding tert-OH is 1. The van der Waals surface area contributed by atoms with Crippen LogP contribution in [0.15, 0.2) is 23.1 Å². The second-order valence-corrected chi connectivity index (χ2v) is 6.19. The molecule has 14 heavy (non-hydrogen) atoms. The van der Waals surface area contributed by atoms with E-state index in [4.69, 9.17) is 28.3 Å². The maximum absolute atomic E-state index is 9.10. The normalized spacial score (nSPS) is 11.8. The maximum atomic E-state index is 9.10. The Bertz CT molecular complexity index is 326. The molecule has 0 aliphatic heterocycles. The molecule has 0 aromatic heterocycles. The molecular weight excluding hydrogens is 239 g/mol. The lowest BCUT2D eigenvalue weighted by molar-refractivity contribution is 0.265. The second kappa shape index (κ2) is 4.75. The van der Waals surface area contributed by atoms with Gasteiger partial charge < -0.3 is 5.11 Å². The predicted octanol–water partition coefficient (Wildman–Crippen LogP) is 3.86. The zero-order valence-electron chi connectivity index (χ0n) is 8.05. The van der Waals surface area contributed by atoms with Crippen LogP contribution in [0.2, 0.25) is 10.0 Å². The van der Waals surface area contributed by atoms with Crippen molar-refractivity contribution in [1.82, 2.24) is 0 Å². The van der Waals surface area contributed by atoms with Crippen molar-refractivity contribution < 1.29 is 5.11 Å². The Balaban J connectivity index is 2.83. The minimum Gasteiger partial charge on any atom is -0.395 e. The first-order valence-electron chi connectivity index (χ1n) is 4.19. The highest BCUT2D eigenvalue weighted by atomic mass is 35.5. The van der Waals surface area contributed by atoms with E-state index >= 15 is 0 Å². The molecule has 0 amide bonds. The lowest BCUT2D eigenvalue weighted by atomic mass is 10.2. The van der Waals surface area contributed by atoms with Crippen LogP contribution < -0.4 is 0 Å². The first-order chi connectivity index (χ1) is 6.44. The van der Waals surface area contributed by atoms with Crippen molar-refractivity contribution in [1.29, 1.82) is 0 Å². The van der Waals surface area contributed by atoms with Crippen molar-refractivity contribution in [2.24, 2.45) is 0 Å². The van der Waals surface area contributed by atoms with Gasteiger partial charge in [-0.2, -0.15) is 0 Å². The minimum atomic E-state index is -0.197. The third-order valence-electron chi connectivity index (χ3n) is 1.67. The van der Waals surface area contributed by atoms with Gasteiger partial charge in [-0.15, -0.1) is 11.8 Å². The summed E-state index contributed by atoms with van der Waals surface area (Å²) in [7, 11) is 0. The monoisotopic (exact) mass is 250 g/mol. The fourth-order valence-corrected chi connectivity index (χ4v) is 2.27. The van der Waals surface area contributed by atoms with Crippen LogP contribution in [0.1, 0.15) is 13.8 Å². The summed E-state index contributed by atoms with van der Waals surface area (Å²) in [5, 5.41) is 10.2. The molecular formula is C10H12Cl2OS. The number of hydrogen-bond donors (Lipinski definition) is 1. The molecule has 0 atom stereocenters. The predicted molar refractivity (Wildman–Crippen MR) is 63.5 cm³/mol. The molecule has 1 aromatic rings. The van der Waals surface area contributed by atoms with Crippen molar-refractivity contribution in [3.05, 3.63) is 28.2 Å². The number of benzene rings is 1. The van der Waals surface area contributed by atoms with Gasteiger partial charge in [0.05, 0.1) is 16.7 Å². The van der Waals surface area contributed by atoms with Gasteiger partial charge in [-0.1, -0.05) is 23.2 Å². The van der Waals surface area contributed by atoms with Gasteiger partial charge in [0.15, 0.2) is 0 Å². The highest BCUT2D eigenvalue weighted by Crippen LogP contribution is 2.35. The lowest BCUT2D eigenvalue weighted by Crippen LogP contribution is -2.19. The summed E-state index contributed by atoms with van der Waals surface area (Å²) in [5.41, 5.74) is 0. The summed E-state index contributed by atoms with van der Waals surface area (Å²) in [5.74, 6) is 0. The lowest BCUT2D eigenvalue weighted by Gasteiger charge is -2.20. The highest BCUT2D eigenvalue weighted by molar-refractivity contribution is 8.00. The molecule has 78 valence electrons. The van der Waals surface area contributed by atoms with Crippen molar-refractivity contribution in [2.45, 2.75) is 23.5 Å². The van der Waals surface area contributed by atoms with E-state index in [0.29, 0.717) is 10.0 Å². The van der Waals surface area contributed by atoms with E-state index in [-0.39, 0.29) is 11.4 Å². The topological polar surface area (TPSA) is 20.2 Å². The SMILES string of the molecule is CC(C)(CO)Sc1ccc(Cl)c(Cl)c1. The molecule has 1 aromatic carbocycles. The summed E-state index contributed by atoms with van der Waals surface area (Å²) in [6.45, 7) is 4.07. The minimum absolute atomic E-state index is 0.123. The Labute approximate surface area is 98.4 Å². The molecule has 0 aliphatic rings. The molecule has 1 N–H and O–H groups in total. The Morgan fingerprint density at radius 1 is 1.29 bits per heavy atom. The Morgan fingerprint density at radius 3 is 2.43 bits per heavy atom. The molecule has 0 bridgehead atoms. The first kappa shape index (κ1) is 12.2. The van der Waals surface area contributed by atoms with E-state index in [1.165, 1.54) is 0 Å². The molecule has 0 spiro atoms. The van der Waals surface area contributed by atoms with Gasteiger partial charge in [-0.05, 0) is 32.0 Å². The average molecular weight is 251 g/mol. The van der Waals surface area contributed by atoms with Crippen LogP contribution in [0.4, 0.5) is 0 Å². The number of thioether (sulfide) groups is 1. The van der Waals surface area contributed by atoms with Crippen LogP contribution >= 0.6 is 35.0 Å². The molecule has 0 aliphatic carbocycles. The van der Waals surface area contributed by atoms with Gasteiger partial charge in [0, 0.05) is 9.64 Å².